The number of nitriles is 1. The van der Waals surface area contributed by atoms with Crippen LogP contribution in [-0.2, 0) is 0 Å². The van der Waals surface area contributed by atoms with Crippen LogP contribution >= 0.6 is 22.7 Å². The first-order valence-electron chi connectivity index (χ1n) is 9.25. The molecule has 0 bridgehead atoms. The van der Waals surface area contributed by atoms with Crippen molar-refractivity contribution in [2.24, 2.45) is 0 Å². The molecule has 8 nitrogen and oxygen atoms in total. The lowest BCUT2D eigenvalue weighted by atomic mass is 10.1. The minimum atomic E-state index is 0.382. The quantitative estimate of drug-likeness (QED) is 0.409. The Morgan fingerprint density at radius 3 is 2.87 bits per heavy atom. The summed E-state index contributed by atoms with van der Waals surface area (Å²) in [4.78, 5) is 5.81. The van der Waals surface area contributed by atoms with Gasteiger partial charge in [-0.2, -0.15) is 15.0 Å². The van der Waals surface area contributed by atoms with Gasteiger partial charge in [0, 0.05) is 5.39 Å². The van der Waals surface area contributed by atoms with Crippen molar-refractivity contribution >= 4 is 44.5 Å². The van der Waals surface area contributed by atoms with E-state index in [2.05, 4.69) is 26.7 Å². The summed E-state index contributed by atoms with van der Waals surface area (Å²) >= 11 is 3.01. The Kier molecular flexibility index (Phi) is 4.82. The normalized spacial score (nSPS) is 10.9. The molecule has 0 fully saturated rings. The molecule has 4 aromatic heterocycles. The fourth-order valence-corrected chi connectivity index (χ4v) is 4.78. The number of aryl methyl sites for hydroxylation is 1. The van der Waals surface area contributed by atoms with Crippen molar-refractivity contribution in [1.82, 2.24) is 25.0 Å². The lowest BCUT2D eigenvalue weighted by Crippen LogP contribution is -2.06. The third-order valence-corrected chi connectivity index (χ3v) is 6.58. The largest absolute Gasteiger partial charge is 0.494 e. The van der Waals surface area contributed by atoms with Gasteiger partial charge in [-0.05, 0) is 36.1 Å². The monoisotopic (exact) mass is 445 g/mol. The molecular formula is C21H15N7OS2. The molecule has 0 atom stereocenters. The van der Waals surface area contributed by atoms with Gasteiger partial charge in [0.05, 0.1) is 18.2 Å². The summed E-state index contributed by atoms with van der Waals surface area (Å²) in [5.41, 5.74) is 2.14. The van der Waals surface area contributed by atoms with Crippen LogP contribution in [0.4, 0.5) is 10.9 Å². The van der Waals surface area contributed by atoms with E-state index >= 15 is 0 Å². The van der Waals surface area contributed by atoms with Crippen LogP contribution in [0, 0.1) is 18.3 Å². The van der Waals surface area contributed by atoms with E-state index in [-0.39, 0.29) is 0 Å². The highest BCUT2D eigenvalue weighted by Gasteiger charge is 2.18. The van der Waals surface area contributed by atoms with Gasteiger partial charge in [0.2, 0.25) is 5.13 Å². The van der Waals surface area contributed by atoms with E-state index in [1.165, 1.54) is 17.5 Å². The summed E-state index contributed by atoms with van der Waals surface area (Å²) in [5, 5.41) is 30.1. The highest BCUT2D eigenvalue weighted by atomic mass is 32.1. The number of aromatic nitrogens is 5. The van der Waals surface area contributed by atoms with E-state index in [0.29, 0.717) is 28.1 Å². The maximum Gasteiger partial charge on any atom is 0.211 e. The lowest BCUT2D eigenvalue weighted by molar-refractivity contribution is 0.419. The third kappa shape index (κ3) is 3.39. The van der Waals surface area contributed by atoms with Crippen molar-refractivity contribution < 1.29 is 4.74 Å². The van der Waals surface area contributed by atoms with E-state index in [1.807, 2.05) is 48.7 Å². The second-order valence-corrected chi connectivity index (χ2v) is 8.52. The van der Waals surface area contributed by atoms with Gasteiger partial charge < -0.3 is 10.1 Å². The average molecular weight is 446 g/mol. The first-order chi connectivity index (χ1) is 15.2. The van der Waals surface area contributed by atoms with Gasteiger partial charge in [0.25, 0.3) is 0 Å². The lowest BCUT2D eigenvalue weighted by Gasteiger charge is -2.12. The van der Waals surface area contributed by atoms with Crippen LogP contribution in [0.1, 0.15) is 11.1 Å². The molecule has 0 amide bonds. The summed E-state index contributed by atoms with van der Waals surface area (Å²) < 4.78 is 7.09. The first-order valence-corrected chi connectivity index (χ1v) is 10.9. The Bertz CT molecular complexity index is 1430. The van der Waals surface area contributed by atoms with E-state index in [1.54, 1.807) is 23.1 Å². The Balaban J connectivity index is 1.59. The summed E-state index contributed by atoms with van der Waals surface area (Å²) in [7, 11) is 1.62. The molecule has 1 aromatic carbocycles. The molecule has 152 valence electrons. The van der Waals surface area contributed by atoms with Crippen LogP contribution in [0.5, 0.6) is 5.75 Å². The van der Waals surface area contributed by atoms with Crippen LogP contribution in [0.3, 0.4) is 0 Å². The molecule has 0 saturated heterocycles. The van der Waals surface area contributed by atoms with Crippen molar-refractivity contribution in [3.63, 3.8) is 0 Å². The first kappa shape index (κ1) is 19.2. The minimum absolute atomic E-state index is 0.382. The standard InChI is InChI=1S/C21H15N7OS2/c1-12-9-17(24-18-14(12)5-3-6-15(18)29-2)28-19(13(10-22)11-23-28)25-21-27-26-20(31-21)16-7-4-8-30-16/h3-9,11H,1-2H3,(H,25,27). The Hall–Kier alpha value is -3.81. The number of ether oxygens (including phenoxy) is 1. The van der Waals surface area contributed by atoms with Crippen LogP contribution in [0.15, 0.2) is 48.0 Å². The van der Waals surface area contributed by atoms with Crippen molar-refractivity contribution in [2.75, 3.05) is 12.4 Å². The number of hydrogen-bond acceptors (Lipinski definition) is 9. The van der Waals surface area contributed by atoms with Crippen LogP contribution < -0.4 is 10.1 Å². The Labute approximate surface area is 185 Å². The van der Waals surface area contributed by atoms with Crippen molar-refractivity contribution in [3.8, 4) is 27.5 Å². The minimum Gasteiger partial charge on any atom is -0.494 e. The summed E-state index contributed by atoms with van der Waals surface area (Å²) in [6.07, 6.45) is 1.51. The number of rotatable bonds is 5. The molecule has 0 aliphatic heterocycles. The summed E-state index contributed by atoms with van der Waals surface area (Å²) in [6.45, 7) is 2.01. The second kappa shape index (κ2) is 7.79. The van der Waals surface area contributed by atoms with E-state index < -0.39 is 0 Å². The van der Waals surface area contributed by atoms with Gasteiger partial charge in [-0.3, -0.25) is 0 Å². The summed E-state index contributed by atoms with van der Waals surface area (Å²) in [5.74, 6) is 1.73. The molecule has 0 aliphatic rings. The van der Waals surface area contributed by atoms with Crippen molar-refractivity contribution in [1.29, 1.82) is 5.26 Å². The number of fused-ring (bicyclic) bond motifs is 1. The fraction of sp³-hybridized carbons (Fsp3) is 0.0952. The number of nitrogens with zero attached hydrogens (tertiary/aromatic N) is 6. The SMILES string of the molecule is COc1cccc2c(C)cc(-n3ncc(C#N)c3Nc3nnc(-c4cccs4)s3)nc12. The molecule has 10 heteroatoms. The molecule has 4 heterocycles. The molecule has 0 spiro atoms. The van der Waals surface area contributed by atoms with Gasteiger partial charge in [0.15, 0.2) is 16.6 Å². The number of methoxy groups -OCH3 is 1. The smallest absolute Gasteiger partial charge is 0.211 e. The van der Waals surface area contributed by atoms with Crippen LogP contribution in [0.2, 0.25) is 0 Å². The predicted octanol–water partition coefficient (Wildman–Crippen LogP) is 4.93. The molecule has 0 saturated carbocycles. The number of anilines is 2. The number of hydrogen-bond donors (Lipinski definition) is 1. The van der Waals surface area contributed by atoms with Crippen molar-refractivity contribution in [2.45, 2.75) is 6.92 Å². The van der Waals surface area contributed by atoms with E-state index in [0.717, 1.165) is 26.4 Å². The third-order valence-electron chi connectivity index (χ3n) is 4.70. The zero-order valence-corrected chi connectivity index (χ0v) is 18.2. The average Bonchev–Trinajstić information content (AvgIpc) is 3.54. The Morgan fingerprint density at radius 2 is 2.10 bits per heavy atom. The van der Waals surface area contributed by atoms with E-state index in [9.17, 15) is 5.26 Å². The molecule has 0 radical (unpaired) electrons. The number of para-hydroxylation sites is 1. The van der Waals surface area contributed by atoms with Crippen LogP contribution in [0.25, 0.3) is 26.6 Å². The molecule has 0 unspecified atom stereocenters. The number of benzene rings is 1. The molecular weight excluding hydrogens is 430 g/mol. The summed E-state index contributed by atoms with van der Waals surface area (Å²) in [6, 6.07) is 13.9. The molecule has 5 aromatic rings. The zero-order valence-electron chi connectivity index (χ0n) is 16.5. The number of nitrogens with one attached hydrogen (secondary N) is 1. The molecule has 5 rings (SSSR count). The predicted molar refractivity (Wildman–Crippen MR) is 121 cm³/mol. The van der Waals surface area contributed by atoms with Crippen molar-refractivity contribution in [3.05, 3.63) is 59.1 Å². The van der Waals surface area contributed by atoms with Gasteiger partial charge in [-0.15, -0.1) is 21.5 Å². The maximum absolute atomic E-state index is 9.61. The second-order valence-electron chi connectivity index (χ2n) is 6.60. The van der Waals surface area contributed by atoms with Gasteiger partial charge in [0.1, 0.15) is 22.9 Å². The fourth-order valence-electron chi connectivity index (χ4n) is 3.25. The molecule has 31 heavy (non-hydrogen) atoms. The zero-order chi connectivity index (χ0) is 21.4. The highest BCUT2D eigenvalue weighted by molar-refractivity contribution is 7.22. The van der Waals surface area contributed by atoms with Gasteiger partial charge in [-0.25, -0.2) is 4.98 Å². The number of thiophene rings is 1. The molecule has 0 aliphatic carbocycles. The Morgan fingerprint density at radius 1 is 1.19 bits per heavy atom. The van der Waals surface area contributed by atoms with Crippen LogP contribution in [-0.4, -0.2) is 32.1 Å². The highest BCUT2D eigenvalue weighted by Crippen LogP contribution is 2.33. The maximum atomic E-state index is 9.61. The molecule has 1 N–H and O–H groups in total. The topological polar surface area (TPSA) is 102 Å². The van der Waals surface area contributed by atoms with Gasteiger partial charge in [-0.1, -0.05) is 29.5 Å². The van der Waals surface area contributed by atoms with E-state index in [4.69, 9.17) is 9.72 Å². The number of pyridine rings is 1. The van der Waals surface area contributed by atoms with Gasteiger partial charge >= 0.3 is 0 Å².